The summed E-state index contributed by atoms with van der Waals surface area (Å²) >= 11 is 0. The molecule has 5 nitrogen and oxygen atoms in total. The molecule has 0 aliphatic carbocycles. The SMILES string of the molecule is CCCc1nc(COCC(F)(F)F)ncc1C(=O)OCC. The van der Waals surface area contributed by atoms with Crippen LogP contribution in [0.1, 0.15) is 42.1 Å². The van der Waals surface area contributed by atoms with Crippen molar-refractivity contribution in [1.29, 1.82) is 0 Å². The van der Waals surface area contributed by atoms with Gasteiger partial charge in [0.25, 0.3) is 0 Å². The summed E-state index contributed by atoms with van der Waals surface area (Å²) < 4.78 is 45.3. The fourth-order valence-corrected chi connectivity index (χ4v) is 1.59. The number of halogens is 3. The number of nitrogens with zero attached hydrogens (tertiary/aromatic N) is 2. The fraction of sp³-hybridized carbons (Fsp3) is 0.615. The van der Waals surface area contributed by atoms with Gasteiger partial charge < -0.3 is 9.47 Å². The normalized spacial score (nSPS) is 11.5. The Morgan fingerprint density at radius 1 is 1.33 bits per heavy atom. The van der Waals surface area contributed by atoms with Crippen LogP contribution in [0.5, 0.6) is 0 Å². The molecule has 0 fully saturated rings. The van der Waals surface area contributed by atoms with Crippen molar-refractivity contribution in [2.24, 2.45) is 0 Å². The maximum Gasteiger partial charge on any atom is 0.411 e. The molecule has 1 aromatic rings. The predicted molar refractivity (Wildman–Crippen MR) is 67.7 cm³/mol. The van der Waals surface area contributed by atoms with Crippen molar-refractivity contribution in [1.82, 2.24) is 9.97 Å². The van der Waals surface area contributed by atoms with E-state index in [0.29, 0.717) is 12.1 Å². The van der Waals surface area contributed by atoms with Crippen molar-refractivity contribution in [3.63, 3.8) is 0 Å². The number of ether oxygens (including phenoxy) is 2. The lowest BCUT2D eigenvalue weighted by molar-refractivity contribution is -0.177. The average molecular weight is 306 g/mol. The number of rotatable bonds is 7. The number of alkyl halides is 3. The summed E-state index contributed by atoms with van der Waals surface area (Å²) in [6.45, 7) is 2.08. The van der Waals surface area contributed by atoms with Crippen LogP contribution in [0.25, 0.3) is 0 Å². The minimum absolute atomic E-state index is 0.107. The van der Waals surface area contributed by atoms with E-state index >= 15 is 0 Å². The number of aryl methyl sites for hydroxylation is 1. The molecule has 0 atom stereocenters. The molecule has 0 radical (unpaired) electrons. The molecule has 0 saturated heterocycles. The molecule has 0 spiro atoms. The van der Waals surface area contributed by atoms with Crippen LogP contribution >= 0.6 is 0 Å². The third kappa shape index (κ3) is 6.07. The van der Waals surface area contributed by atoms with Crippen molar-refractivity contribution in [3.05, 3.63) is 23.3 Å². The lowest BCUT2D eigenvalue weighted by atomic mass is 10.1. The average Bonchev–Trinajstić information content (AvgIpc) is 2.38. The number of aromatic nitrogens is 2. The molecule has 0 aromatic carbocycles. The minimum atomic E-state index is -4.39. The highest BCUT2D eigenvalue weighted by atomic mass is 19.4. The van der Waals surface area contributed by atoms with Crippen LogP contribution in [0.2, 0.25) is 0 Å². The van der Waals surface area contributed by atoms with Crippen LogP contribution in [0.15, 0.2) is 6.20 Å². The highest BCUT2D eigenvalue weighted by Crippen LogP contribution is 2.16. The molecule has 8 heteroatoms. The first-order chi connectivity index (χ1) is 9.87. The number of carbonyl (C=O) groups excluding carboxylic acids is 1. The number of hydrogen-bond donors (Lipinski definition) is 0. The minimum Gasteiger partial charge on any atom is -0.462 e. The molecule has 1 heterocycles. The smallest absolute Gasteiger partial charge is 0.411 e. The summed E-state index contributed by atoms with van der Waals surface area (Å²) in [6, 6.07) is 0. The quantitative estimate of drug-likeness (QED) is 0.725. The Labute approximate surface area is 120 Å². The van der Waals surface area contributed by atoms with Gasteiger partial charge in [0, 0.05) is 6.20 Å². The van der Waals surface area contributed by atoms with Crippen LogP contribution in [-0.4, -0.2) is 35.3 Å². The Kier molecular flexibility index (Phi) is 6.54. The molecule has 0 aliphatic rings. The summed E-state index contributed by atoms with van der Waals surface area (Å²) in [5.41, 5.74) is 0.690. The largest absolute Gasteiger partial charge is 0.462 e. The van der Waals surface area contributed by atoms with E-state index in [4.69, 9.17) is 4.74 Å². The molecular weight excluding hydrogens is 289 g/mol. The Bertz CT molecular complexity index is 478. The van der Waals surface area contributed by atoms with Gasteiger partial charge in [-0.25, -0.2) is 14.8 Å². The highest BCUT2D eigenvalue weighted by molar-refractivity contribution is 5.90. The van der Waals surface area contributed by atoms with Gasteiger partial charge >= 0.3 is 12.1 Å². The van der Waals surface area contributed by atoms with Crippen LogP contribution in [0.3, 0.4) is 0 Å². The van der Waals surface area contributed by atoms with Crippen LogP contribution < -0.4 is 0 Å². The number of esters is 1. The summed E-state index contributed by atoms with van der Waals surface area (Å²) in [5.74, 6) is -0.431. The summed E-state index contributed by atoms with van der Waals surface area (Å²) in [6.07, 6.45) is -1.89. The Morgan fingerprint density at radius 2 is 2.05 bits per heavy atom. The molecule has 0 saturated carbocycles. The Balaban J connectivity index is 2.80. The maximum absolute atomic E-state index is 12.0. The van der Waals surface area contributed by atoms with E-state index in [9.17, 15) is 18.0 Å². The van der Waals surface area contributed by atoms with Gasteiger partial charge in [-0.2, -0.15) is 13.2 Å². The molecule has 0 aliphatic heterocycles. The molecular formula is C13H17F3N2O3. The number of carbonyl (C=O) groups is 1. The zero-order valence-corrected chi connectivity index (χ0v) is 11.9. The van der Waals surface area contributed by atoms with Gasteiger partial charge in [0.15, 0.2) is 5.82 Å². The first-order valence-corrected chi connectivity index (χ1v) is 6.53. The van der Waals surface area contributed by atoms with E-state index in [1.54, 1.807) is 6.92 Å². The molecule has 1 rings (SSSR count). The van der Waals surface area contributed by atoms with E-state index in [-0.39, 0.29) is 24.6 Å². The van der Waals surface area contributed by atoms with Gasteiger partial charge in [-0.15, -0.1) is 0 Å². The lowest BCUT2D eigenvalue weighted by Crippen LogP contribution is -2.18. The van der Waals surface area contributed by atoms with Crippen LogP contribution in [0.4, 0.5) is 13.2 Å². The molecule has 0 amide bonds. The fourth-order valence-electron chi connectivity index (χ4n) is 1.59. The molecule has 0 N–H and O–H groups in total. The van der Waals surface area contributed by atoms with Crippen LogP contribution in [0, 0.1) is 0 Å². The van der Waals surface area contributed by atoms with Gasteiger partial charge in [0.1, 0.15) is 13.2 Å². The molecule has 21 heavy (non-hydrogen) atoms. The van der Waals surface area contributed by atoms with Crippen molar-refractivity contribution in [2.45, 2.75) is 39.5 Å². The number of hydrogen-bond acceptors (Lipinski definition) is 5. The molecule has 1 aromatic heterocycles. The first kappa shape index (κ1) is 17.4. The third-order valence-electron chi connectivity index (χ3n) is 2.40. The lowest BCUT2D eigenvalue weighted by Gasteiger charge is -2.10. The van der Waals surface area contributed by atoms with E-state index in [2.05, 4.69) is 14.7 Å². The molecule has 0 bridgehead atoms. The zero-order chi connectivity index (χ0) is 15.9. The van der Waals surface area contributed by atoms with Crippen molar-refractivity contribution in [3.8, 4) is 0 Å². The second-order valence-electron chi connectivity index (χ2n) is 4.23. The summed E-state index contributed by atoms with van der Waals surface area (Å²) in [4.78, 5) is 19.6. The van der Waals surface area contributed by atoms with Gasteiger partial charge in [-0.3, -0.25) is 0 Å². The standard InChI is InChI=1S/C13H17F3N2O3/c1-3-5-10-9(12(19)21-4-2)6-17-11(18-10)7-20-8-13(14,15)16/h6H,3-5,7-8H2,1-2H3. The highest BCUT2D eigenvalue weighted by Gasteiger charge is 2.27. The molecule has 0 unspecified atom stereocenters. The summed E-state index contributed by atoms with van der Waals surface area (Å²) in [7, 11) is 0. The van der Waals surface area contributed by atoms with E-state index in [1.165, 1.54) is 6.20 Å². The van der Waals surface area contributed by atoms with Crippen molar-refractivity contribution in [2.75, 3.05) is 13.2 Å². The summed E-state index contributed by atoms with van der Waals surface area (Å²) in [5, 5.41) is 0. The van der Waals surface area contributed by atoms with Crippen molar-refractivity contribution >= 4 is 5.97 Å². The van der Waals surface area contributed by atoms with Gasteiger partial charge in [0.05, 0.1) is 17.9 Å². The van der Waals surface area contributed by atoms with Crippen molar-refractivity contribution < 1.29 is 27.4 Å². The maximum atomic E-state index is 12.0. The monoisotopic (exact) mass is 306 g/mol. The predicted octanol–water partition coefficient (Wildman–Crippen LogP) is 2.68. The topological polar surface area (TPSA) is 61.3 Å². The van der Waals surface area contributed by atoms with E-state index in [1.807, 2.05) is 6.92 Å². The Morgan fingerprint density at radius 3 is 2.62 bits per heavy atom. The van der Waals surface area contributed by atoms with Gasteiger partial charge in [0.2, 0.25) is 0 Å². The zero-order valence-electron chi connectivity index (χ0n) is 11.9. The van der Waals surface area contributed by atoms with E-state index in [0.717, 1.165) is 6.42 Å². The van der Waals surface area contributed by atoms with E-state index < -0.39 is 18.8 Å². The molecule has 118 valence electrons. The second-order valence-corrected chi connectivity index (χ2v) is 4.23. The van der Waals surface area contributed by atoms with Gasteiger partial charge in [-0.1, -0.05) is 13.3 Å². The first-order valence-electron chi connectivity index (χ1n) is 6.53. The second kappa shape index (κ2) is 7.92. The van der Waals surface area contributed by atoms with Gasteiger partial charge in [-0.05, 0) is 13.3 Å². The Hall–Kier alpha value is -1.70. The third-order valence-corrected chi connectivity index (χ3v) is 2.40. The van der Waals surface area contributed by atoms with Crippen LogP contribution in [-0.2, 0) is 22.5 Å².